The first kappa shape index (κ1) is 15.1. The van der Waals surface area contributed by atoms with Crippen LogP contribution in [-0.2, 0) is 0 Å². The van der Waals surface area contributed by atoms with Gasteiger partial charge in [-0.15, -0.1) is 0 Å². The van der Waals surface area contributed by atoms with E-state index in [1.54, 1.807) is 0 Å². The van der Waals surface area contributed by atoms with Gasteiger partial charge in [-0.25, -0.2) is 0 Å². The highest BCUT2D eigenvalue weighted by Crippen LogP contribution is 2.32. The second-order valence-electron chi connectivity index (χ2n) is 7.04. The molecule has 3 unspecified atom stereocenters. The van der Waals surface area contributed by atoms with Crippen molar-refractivity contribution >= 4 is 0 Å². The summed E-state index contributed by atoms with van der Waals surface area (Å²) in [5.74, 6) is 0.798. The third-order valence-corrected chi connectivity index (χ3v) is 5.47. The van der Waals surface area contributed by atoms with Gasteiger partial charge in [-0.3, -0.25) is 9.80 Å². The fourth-order valence-corrected chi connectivity index (χ4v) is 3.97. The molecule has 0 N–H and O–H groups in total. The minimum Gasteiger partial charge on any atom is -0.297 e. The third-order valence-electron chi connectivity index (χ3n) is 5.47. The first-order chi connectivity index (χ1) is 10.3. The van der Waals surface area contributed by atoms with E-state index in [1.165, 1.54) is 57.4 Å². The van der Waals surface area contributed by atoms with Gasteiger partial charge in [-0.1, -0.05) is 57.0 Å². The van der Waals surface area contributed by atoms with Crippen molar-refractivity contribution in [2.75, 3.05) is 26.2 Å². The Balaban J connectivity index is 1.79. The third kappa shape index (κ3) is 3.49. The molecular weight excluding hydrogens is 256 g/mol. The Morgan fingerprint density at radius 1 is 1.14 bits per heavy atom. The lowest BCUT2D eigenvalue weighted by atomic mass is 9.92. The molecule has 0 aromatic heterocycles. The van der Waals surface area contributed by atoms with Gasteiger partial charge in [0.1, 0.15) is 0 Å². The molecule has 0 spiro atoms. The lowest BCUT2D eigenvalue weighted by molar-refractivity contribution is 0.00120. The van der Waals surface area contributed by atoms with Crippen molar-refractivity contribution < 1.29 is 0 Å². The first-order valence-electron chi connectivity index (χ1n) is 8.81. The Kier molecular flexibility index (Phi) is 4.97. The minimum absolute atomic E-state index is 0.592. The summed E-state index contributed by atoms with van der Waals surface area (Å²) >= 11 is 0. The van der Waals surface area contributed by atoms with Gasteiger partial charge in [0.15, 0.2) is 0 Å². The molecule has 3 atom stereocenters. The molecule has 2 heteroatoms. The second kappa shape index (κ2) is 6.93. The quantitative estimate of drug-likeness (QED) is 0.827. The van der Waals surface area contributed by atoms with Crippen molar-refractivity contribution in [3.63, 3.8) is 0 Å². The van der Waals surface area contributed by atoms with Crippen molar-refractivity contribution in [2.45, 2.75) is 51.6 Å². The number of piperazine rings is 1. The van der Waals surface area contributed by atoms with Gasteiger partial charge in [0.05, 0.1) is 0 Å². The number of piperidine rings is 1. The normalized spacial score (nSPS) is 29.0. The van der Waals surface area contributed by atoms with E-state index in [0.717, 1.165) is 12.0 Å². The molecule has 0 saturated carbocycles. The maximum absolute atomic E-state index is 2.77. The van der Waals surface area contributed by atoms with Crippen LogP contribution < -0.4 is 0 Å². The molecule has 116 valence electrons. The average Bonchev–Trinajstić information content (AvgIpc) is 2.55. The lowest BCUT2D eigenvalue weighted by Gasteiger charge is -2.49. The standard InChI is InChI=1S/C19H30N2/c1-3-16(2)13-21-14-18-11-7-8-12-20(18)15-19(21)17-9-5-4-6-10-17/h4-6,9-10,16,18-19H,3,7-8,11-15H2,1-2H3. The summed E-state index contributed by atoms with van der Waals surface area (Å²) < 4.78 is 0. The molecule has 2 aliphatic heterocycles. The van der Waals surface area contributed by atoms with E-state index < -0.39 is 0 Å². The van der Waals surface area contributed by atoms with Crippen LogP contribution in [-0.4, -0.2) is 42.0 Å². The predicted molar refractivity (Wildman–Crippen MR) is 89.4 cm³/mol. The van der Waals surface area contributed by atoms with Crippen LogP contribution in [0.15, 0.2) is 30.3 Å². The molecule has 0 aliphatic carbocycles. The summed E-state index contributed by atoms with van der Waals surface area (Å²) in [4.78, 5) is 5.53. The fourth-order valence-electron chi connectivity index (χ4n) is 3.97. The highest BCUT2D eigenvalue weighted by Gasteiger charge is 2.35. The zero-order valence-electron chi connectivity index (χ0n) is 13.7. The molecule has 1 aromatic carbocycles. The SMILES string of the molecule is CCC(C)CN1CC2CCCCN2CC1c1ccccc1. The van der Waals surface area contributed by atoms with Crippen LogP contribution in [0.3, 0.4) is 0 Å². The Hall–Kier alpha value is -0.860. The van der Waals surface area contributed by atoms with Crippen LogP contribution in [0.5, 0.6) is 0 Å². The Morgan fingerprint density at radius 2 is 1.95 bits per heavy atom. The average molecular weight is 286 g/mol. The lowest BCUT2D eigenvalue weighted by Crippen LogP contribution is -2.56. The molecule has 0 bridgehead atoms. The molecule has 2 fully saturated rings. The van der Waals surface area contributed by atoms with E-state index in [4.69, 9.17) is 0 Å². The number of nitrogens with zero attached hydrogens (tertiary/aromatic N) is 2. The topological polar surface area (TPSA) is 6.48 Å². The Morgan fingerprint density at radius 3 is 2.71 bits per heavy atom. The van der Waals surface area contributed by atoms with Crippen LogP contribution in [0.4, 0.5) is 0 Å². The van der Waals surface area contributed by atoms with Gasteiger partial charge in [0.25, 0.3) is 0 Å². The largest absolute Gasteiger partial charge is 0.297 e. The van der Waals surface area contributed by atoms with E-state index in [0.29, 0.717) is 6.04 Å². The van der Waals surface area contributed by atoms with Gasteiger partial charge < -0.3 is 0 Å². The van der Waals surface area contributed by atoms with Crippen LogP contribution in [0, 0.1) is 5.92 Å². The van der Waals surface area contributed by atoms with Crippen molar-refractivity contribution in [1.82, 2.24) is 9.80 Å². The molecule has 0 radical (unpaired) electrons. The summed E-state index contributed by atoms with van der Waals surface area (Å²) in [6.07, 6.45) is 5.50. The minimum atomic E-state index is 0.592. The van der Waals surface area contributed by atoms with Gasteiger partial charge >= 0.3 is 0 Å². The van der Waals surface area contributed by atoms with E-state index in [2.05, 4.69) is 54.0 Å². The number of benzene rings is 1. The second-order valence-corrected chi connectivity index (χ2v) is 7.04. The molecule has 3 rings (SSSR count). The van der Waals surface area contributed by atoms with Crippen molar-refractivity contribution in [3.05, 3.63) is 35.9 Å². The smallest absolute Gasteiger partial charge is 0.0476 e. The van der Waals surface area contributed by atoms with E-state index in [9.17, 15) is 0 Å². The monoisotopic (exact) mass is 286 g/mol. The number of fused-ring (bicyclic) bond motifs is 1. The van der Waals surface area contributed by atoms with E-state index in [1.807, 2.05) is 0 Å². The molecular formula is C19H30N2. The van der Waals surface area contributed by atoms with Crippen molar-refractivity contribution in [1.29, 1.82) is 0 Å². The van der Waals surface area contributed by atoms with Crippen LogP contribution in [0.2, 0.25) is 0 Å². The van der Waals surface area contributed by atoms with Crippen LogP contribution in [0.1, 0.15) is 51.1 Å². The molecule has 2 heterocycles. The highest BCUT2D eigenvalue weighted by atomic mass is 15.3. The fraction of sp³-hybridized carbons (Fsp3) is 0.684. The van der Waals surface area contributed by atoms with Crippen molar-refractivity contribution in [2.24, 2.45) is 5.92 Å². The number of rotatable bonds is 4. The molecule has 1 aromatic rings. The summed E-state index contributed by atoms with van der Waals surface area (Å²) in [6.45, 7) is 9.77. The van der Waals surface area contributed by atoms with E-state index in [-0.39, 0.29) is 0 Å². The van der Waals surface area contributed by atoms with Gasteiger partial charge in [0.2, 0.25) is 0 Å². The van der Waals surface area contributed by atoms with Crippen LogP contribution in [0.25, 0.3) is 0 Å². The van der Waals surface area contributed by atoms with Gasteiger partial charge in [-0.2, -0.15) is 0 Å². The summed E-state index contributed by atoms with van der Waals surface area (Å²) in [6, 6.07) is 12.6. The maximum atomic E-state index is 2.77. The highest BCUT2D eigenvalue weighted by molar-refractivity contribution is 5.20. The molecule has 0 amide bonds. The maximum Gasteiger partial charge on any atom is 0.0476 e. The molecule has 2 saturated heterocycles. The summed E-state index contributed by atoms with van der Waals surface area (Å²) in [7, 11) is 0. The first-order valence-corrected chi connectivity index (χ1v) is 8.81. The molecule has 2 aliphatic rings. The summed E-state index contributed by atoms with van der Waals surface area (Å²) in [5, 5.41) is 0. The Bertz CT molecular complexity index is 430. The molecule has 21 heavy (non-hydrogen) atoms. The summed E-state index contributed by atoms with van der Waals surface area (Å²) in [5.41, 5.74) is 1.50. The van der Waals surface area contributed by atoms with Gasteiger partial charge in [0, 0.05) is 31.7 Å². The van der Waals surface area contributed by atoms with E-state index >= 15 is 0 Å². The predicted octanol–water partition coefficient (Wildman–Crippen LogP) is 3.94. The molecule has 2 nitrogen and oxygen atoms in total. The van der Waals surface area contributed by atoms with Crippen molar-refractivity contribution in [3.8, 4) is 0 Å². The Labute approximate surface area is 130 Å². The zero-order valence-corrected chi connectivity index (χ0v) is 13.7. The van der Waals surface area contributed by atoms with Gasteiger partial charge in [-0.05, 0) is 30.9 Å². The zero-order chi connectivity index (χ0) is 14.7. The van der Waals surface area contributed by atoms with Crippen LogP contribution >= 0.6 is 0 Å². The number of hydrogen-bond donors (Lipinski definition) is 0. The number of hydrogen-bond acceptors (Lipinski definition) is 2.